The Balaban J connectivity index is 1.65. The van der Waals surface area contributed by atoms with Crippen molar-refractivity contribution in [1.82, 2.24) is 5.32 Å². The summed E-state index contributed by atoms with van der Waals surface area (Å²) in [6.07, 6.45) is 2.38. The van der Waals surface area contributed by atoms with Crippen LogP contribution in [-0.2, 0) is 4.79 Å². The molecule has 1 heterocycles. The molecule has 2 rings (SSSR count). The van der Waals surface area contributed by atoms with E-state index in [2.05, 4.69) is 10.6 Å². The lowest BCUT2D eigenvalue weighted by Gasteiger charge is -2.06. The van der Waals surface area contributed by atoms with Gasteiger partial charge < -0.3 is 15.1 Å². The zero-order valence-electron chi connectivity index (χ0n) is 11.9. The zero-order chi connectivity index (χ0) is 15.1. The van der Waals surface area contributed by atoms with Crippen LogP contribution in [0, 0.1) is 6.92 Å². The van der Waals surface area contributed by atoms with Crippen molar-refractivity contribution in [3.8, 4) is 0 Å². The Bertz CT molecular complexity index is 588. The zero-order valence-corrected chi connectivity index (χ0v) is 11.9. The highest BCUT2D eigenvalue weighted by Gasteiger charge is 2.07. The first-order chi connectivity index (χ1) is 10.1. The van der Waals surface area contributed by atoms with E-state index >= 15 is 0 Å². The summed E-state index contributed by atoms with van der Waals surface area (Å²) in [5.41, 5.74) is 1.93. The molecule has 21 heavy (non-hydrogen) atoms. The van der Waals surface area contributed by atoms with Crippen molar-refractivity contribution < 1.29 is 14.0 Å². The number of carbonyl (C=O) groups is 2. The molecular weight excluding hydrogens is 268 g/mol. The van der Waals surface area contributed by atoms with Gasteiger partial charge in [0, 0.05) is 18.7 Å². The van der Waals surface area contributed by atoms with Crippen LogP contribution in [0.3, 0.4) is 0 Å². The van der Waals surface area contributed by atoms with Gasteiger partial charge in [-0.3, -0.25) is 9.59 Å². The normalized spacial score (nSPS) is 10.1. The lowest BCUT2D eigenvalue weighted by Crippen LogP contribution is -2.25. The molecule has 0 fully saturated rings. The topological polar surface area (TPSA) is 71.3 Å². The summed E-state index contributed by atoms with van der Waals surface area (Å²) in [7, 11) is 0. The van der Waals surface area contributed by atoms with Crippen molar-refractivity contribution >= 4 is 17.5 Å². The third kappa shape index (κ3) is 4.80. The number of benzene rings is 1. The second-order valence-electron chi connectivity index (χ2n) is 4.75. The first-order valence-electron chi connectivity index (χ1n) is 6.83. The van der Waals surface area contributed by atoms with Gasteiger partial charge in [0.2, 0.25) is 5.91 Å². The Hall–Kier alpha value is -2.56. The van der Waals surface area contributed by atoms with Crippen molar-refractivity contribution in [2.45, 2.75) is 19.8 Å². The summed E-state index contributed by atoms with van der Waals surface area (Å²) in [6, 6.07) is 10.9. The molecule has 1 aromatic heterocycles. The summed E-state index contributed by atoms with van der Waals surface area (Å²) < 4.78 is 4.97. The quantitative estimate of drug-likeness (QED) is 0.802. The monoisotopic (exact) mass is 286 g/mol. The molecule has 0 atom stereocenters. The fourth-order valence-electron chi connectivity index (χ4n) is 1.81. The summed E-state index contributed by atoms with van der Waals surface area (Å²) in [5, 5.41) is 5.51. The van der Waals surface area contributed by atoms with Gasteiger partial charge in [0.1, 0.15) is 0 Å². The van der Waals surface area contributed by atoms with E-state index in [4.69, 9.17) is 4.42 Å². The van der Waals surface area contributed by atoms with Gasteiger partial charge in [-0.05, 0) is 37.6 Å². The summed E-state index contributed by atoms with van der Waals surface area (Å²) in [4.78, 5) is 23.3. The first kappa shape index (κ1) is 14.8. The third-order valence-corrected chi connectivity index (χ3v) is 2.95. The summed E-state index contributed by atoms with van der Waals surface area (Å²) in [5.74, 6) is -0.0517. The summed E-state index contributed by atoms with van der Waals surface area (Å²) in [6.45, 7) is 2.42. The van der Waals surface area contributed by atoms with Gasteiger partial charge in [0.25, 0.3) is 5.91 Å². The Morgan fingerprint density at radius 1 is 1.14 bits per heavy atom. The SMILES string of the molecule is Cc1ccc(NC(=O)CCCNC(=O)c2ccco2)cc1. The minimum Gasteiger partial charge on any atom is -0.459 e. The maximum absolute atomic E-state index is 11.7. The van der Waals surface area contributed by atoms with E-state index < -0.39 is 0 Å². The lowest BCUT2D eigenvalue weighted by molar-refractivity contribution is -0.116. The van der Waals surface area contributed by atoms with Crippen molar-refractivity contribution in [2.75, 3.05) is 11.9 Å². The predicted octanol–water partition coefficient (Wildman–Crippen LogP) is 2.74. The maximum atomic E-state index is 11.7. The Labute approximate surface area is 123 Å². The molecule has 0 unspecified atom stereocenters. The van der Waals surface area contributed by atoms with Crippen LogP contribution < -0.4 is 10.6 Å². The first-order valence-corrected chi connectivity index (χ1v) is 6.83. The summed E-state index contributed by atoms with van der Waals surface area (Å²) >= 11 is 0. The van der Waals surface area contributed by atoms with Crippen LogP contribution in [0.5, 0.6) is 0 Å². The second kappa shape index (κ2) is 7.28. The van der Waals surface area contributed by atoms with Crippen molar-refractivity contribution in [3.05, 3.63) is 54.0 Å². The molecule has 110 valence electrons. The molecule has 0 radical (unpaired) electrons. The molecule has 0 aliphatic rings. The van der Waals surface area contributed by atoms with Crippen molar-refractivity contribution in [2.24, 2.45) is 0 Å². The maximum Gasteiger partial charge on any atom is 0.286 e. The van der Waals surface area contributed by atoms with E-state index in [0.29, 0.717) is 19.4 Å². The van der Waals surface area contributed by atoms with Crippen LogP contribution >= 0.6 is 0 Å². The van der Waals surface area contributed by atoms with Crippen LogP contribution in [0.4, 0.5) is 5.69 Å². The number of aryl methyl sites for hydroxylation is 1. The van der Waals surface area contributed by atoms with Gasteiger partial charge in [-0.1, -0.05) is 17.7 Å². The third-order valence-electron chi connectivity index (χ3n) is 2.95. The largest absolute Gasteiger partial charge is 0.459 e. The molecule has 2 aromatic rings. The molecule has 1 aromatic carbocycles. The molecule has 2 N–H and O–H groups in total. The van der Waals surface area contributed by atoms with Gasteiger partial charge >= 0.3 is 0 Å². The van der Waals surface area contributed by atoms with Crippen LogP contribution in [0.1, 0.15) is 29.0 Å². The number of rotatable bonds is 6. The number of amides is 2. The van der Waals surface area contributed by atoms with E-state index in [0.717, 1.165) is 11.3 Å². The molecule has 0 saturated carbocycles. The highest BCUT2D eigenvalue weighted by molar-refractivity contribution is 5.92. The standard InChI is InChI=1S/C16H18N2O3/c1-12-6-8-13(9-7-12)18-15(19)5-2-10-17-16(20)14-4-3-11-21-14/h3-4,6-9,11H,2,5,10H2,1H3,(H,17,20)(H,18,19). The number of nitrogens with one attached hydrogen (secondary N) is 2. The van der Waals surface area contributed by atoms with Crippen molar-refractivity contribution in [3.63, 3.8) is 0 Å². The van der Waals surface area contributed by atoms with Gasteiger partial charge in [-0.15, -0.1) is 0 Å². The van der Waals surface area contributed by atoms with E-state index in [1.165, 1.54) is 6.26 Å². The Morgan fingerprint density at radius 2 is 1.90 bits per heavy atom. The number of anilines is 1. The molecule has 0 saturated heterocycles. The van der Waals surface area contributed by atoms with Gasteiger partial charge in [0.05, 0.1) is 6.26 Å². The highest BCUT2D eigenvalue weighted by atomic mass is 16.3. The average Bonchev–Trinajstić information content (AvgIpc) is 3.00. The average molecular weight is 286 g/mol. The van der Waals surface area contributed by atoms with Crippen molar-refractivity contribution in [1.29, 1.82) is 0 Å². The van der Waals surface area contributed by atoms with Gasteiger partial charge in [-0.2, -0.15) is 0 Å². The van der Waals surface area contributed by atoms with Crippen LogP contribution in [-0.4, -0.2) is 18.4 Å². The minimum absolute atomic E-state index is 0.0638. The van der Waals surface area contributed by atoms with E-state index in [-0.39, 0.29) is 17.6 Å². The molecule has 5 nitrogen and oxygen atoms in total. The molecular formula is C16H18N2O3. The van der Waals surface area contributed by atoms with Crippen LogP contribution in [0.15, 0.2) is 47.1 Å². The molecule has 5 heteroatoms. The highest BCUT2D eigenvalue weighted by Crippen LogP contribution is 2.09. The van der Waals surface area contributed by atoms with Crippen LogP contribution in [0.2, 0.25) is 0 Å². The second-order valence-corrected chi connectivity index (χ2v) is 4.75. The van der Waals surface area contributed by atoms with Gasteiger partial charge in [0.15, 0.2) is 5.76 Å². The van der Waals surface area contributed by atoms with Crippen LogP contribution in [0.25, 0.3) is 0 Å². The molecule has 0 bridgehead atoms. The smallest absolute Gasteiger partial charge is 0.286 e. The number of carbonyl (C=O) groups excluding carboxylic acids is 2. The van der Waals surface area contributed by atoms with E-state index in [1.807, 2.05) is 31.2 Å². The van der Waals surface area contributed by atoms with E-state index in [1.54, 1.807) is 12.1 Å². The molecule has 2 amide bonds. The Kier molecular flexibility index (Phi) is 5.15. The van der Waals surface area contributed by atoms with E-state index in [9.17, 15) is 9.59 Å². The fraction of sp³-hybridized carbons (Fsp3) is 0.250. The Morgan fingerprint density at radius 3 is 2.57 bits per heavy atom. The minimum atomic E-state index is -0.265. The van der Waals surface area contributed by atoms with Gasteiger partial charge in [-0.25, -0.2) is 0 Å². The number of hydrogen-bond donors (Lipinski definition) is 2. The predicted molar refractivity (Wildman–Crippen MR) is 80.1 cm³/mol. The number of hydrogen-bond acceptors (Lipinski definition) is 3. The molecule has 0 spiro atoms. The molecule has 0 aliphatic heterocycles. The molecule has 0 aliphatic carbocycles. The fourth-order valence-corrected chi connectivity index (χ4v) is 1.81. The lowest BCUT2D eigenvalue weighted by atomic mass is 10.2. The number of furan rings is 1.